The highest BCUT2D eigenvalue weighted by Gasteiger charge is 2.14. The van der Waals surface area contributed by atoms with E-state index in [1.165, 1.54) is 32.6 Å². The molecule has 0 saturated heterocycles. The predicted octanol–water partition coefficient (Wildman–Crippen LogP) is 3.57. The summed E-state index contributed by atoms with van der Waals surface area (Å²) in [7, 11) is 0. The first-order valence-corrected chi connectivity index (χ1v) is 6.74. The Labute approximate surface area is 108 Å². The molecule has 0 spiro atoms. The van der Waals surface area contributed by atoms with Gasteiger partial charge in [0.25, 0.3) is 0 Å². The molecule has 0 amide bonds. The Kier molecular flexibility index (Phi) is 4.24. The minimum Gasteiger partial charge on any atom is -0.490 e. The zero-order valence-corrected chi connectivity index (χ0v) is 10.9. The van der Waals surface area contributed by atoms with Crippen LogP contribution < -0.4 is 10.5 Å². The molecule has 1 saturated carbocycles. The molecule has 1 aliphatic rings. The van der Waals surface area contributed by atoms with Gasteiger partial charge in [-0.3, -0.25) is 4.79 Å². The molecule has 3 nitrogen and oxygen atoms in total. The van der Waals surface area contributed by atoms with Gasteiger partial charge in [0.2, 0.25) is 0 Å². The molecule has 18 heavy (non-hydrogen) atoms. The number of nitrogen functional groups attached to an aromatic ring is 1. The fourth-order valence-electron chi connectivity index (χ4n) is 2.47. The standard InChI is InChI=1S/C15H21NO2/c1-11(17)14-10-13(8-9-15(14)16)18-12-6-4-2-3-5-7-12/h8-10,12H,2-7,16H2,1H3. The van der Waals surface area contributed by atoms with Crippen molar-refractivity contribution in [3.63, 3.8) is 0 Å². The zero-order chi connectivity index (χ0) is 13.0. The second-order valence-corrected chi connectivity index (χ2v) is 5.04. The first-order chi connectivity index (χ1) is 8.66. The van der Waals surface area contributed by atoms with Crippen LogP contribution in [0.4, 0.5) is 5.69 Å². The van der Waals surface area contributed by atoms with E-state index in [4.69, 9.17) is 10.5 Å². The third kappa shape index (κ3) is 3.25. The molecular formula is C15H21NO2. The number of ether oxygens (including phenoxy) is 1. The molecular weight excluding hydrogens is 226 g/mol. The van der Waals surface area contributed by atoms with Crippen molar-refractivity contribution >= 4 is 11.5 Å². The van der Waals surface area contributed by atoms with E-state index in [9.17, 15) is 4.79 Å². The highest BCUT2D eigenvalue weighted by molar-refractivity contribution is 5.99. The molecule has 1 aromatic rings. The lowest BCUT2D eigenvalue weighted by Gasteiger charge is -2.17. The lowest BCUT2D eigenvalue weighted by molar-refractivity contribution is 0.101. The smallest absolute Gasteiger partial charge is 0.162 e. The largest absolute Gasteiger partial charge is 0.490 e. The minimum absolute atomic E-state index is 0.0150. The Morgan fingerprint density at radius 3 is 2.50 bits per heavy atom. The van der Waals surface area contributed by atoms with Crippen LogP contribution in [0.15, 0.2) is 18.2 Å². The van der Waals surface area contributed by atoms with Crippen molar-refractivity contribution in [3.05, 3.63) is 23.8 Å². The van der Waals surface area contributed by atoms with E-state index in [1.807, 2.05) is 6.07 Å². The number of hydrogen-bond donors (Lipinski definition) is 1. The summed E-state index contributed by atoms with van der Waals surface area (Å²) in [6.07, 6.45) is 7.59. The van der Waals surface area contributed by atoms with Crippen LogP contribution >= 0.6 is 0 Å². The molecule has 2 N–H and O–H groups in total. The lowest BCUT2D eigenvalue weighted by Crippen LogP contribution is -2.15. The average Bonchev–Trinajstić information content (AvgIpc) is 2.60. The SMILES string of the molecule is CC(=O)c1cc(OC2CCCCCC2)ccc1N. The maximum absolute atomic E-state index is 11.4. The summed E-state index contributed by atoms with van der Waals surface area (Å²) in [5.74, 6) is 0.750. The molecule has 0 atom stereocenters. The number of carbonyl (C=O) groups excluding carboxylic acids is 1. The summed E-state index contributed by atoms with van der Waals surface area (Å²) in [6, 6.07) is 5.37. The van der Waals surface area contributed by atoms with Gasteiger partial charge in [-0.2, -0.15) is 0 Å². The van der Waals surface area contributed by atoms with Crippen LogP contribution in [0.1, 0.15) is 55.8 Å². The molecule has 0 bridgehead atoms. The van der Waals surface area contributed by atoms with Crippen molar-refractivity contribution in [3.8, 4) is 5.75 Å². The van der Waals surface area contributed by atoms with Gasteiger partial charge in [-0.05, 0) is 50.8 Å². The van der Waals surface area contributed by atoms with Gasteiger partial charge in [0.1, 0.15) is 5.75 Å². The number of carbonyl (C=O) groups is 1. The molecule has 0 unspecified atom stereocenters. The zero-order valence-electron chi connectivity index (χ0n) is 10.9. The molecule has 3 heteroatoms. The number of anilines is 1. The van der Waals surface area contributed by atoms with Crippen LogP contribution in [0.2, 0.25) is 0 Å². The number of Topliss-reactive ketones (excluding diaryl/α,β-unsaturated/α-hetero) is 1. The minimum atomic E-state index is -0.0150. The highest BCUT2D eigenvalue weighted by Crippen LogP contribution is 2.25. The van der Waals surface area contributed by atoms with Crippen LogP contribution in [0.25, 0.3) is 0 Å². The van der Waals surface area contributed by atoms with E-state index in [0.29, 0.717) is 11.3 Å². The summed E-state index contributed by atoms with van der Waals surface area (Å²) < 4.78 is 5.97. The molecule has 1 aliphatic carbocycles. The fourth-order valence-corrected chi connectivity index (χ4v) is 2.47. The quantitative estimate of drug-likeness (QED) is 0.504. The normalized spacial score (nSPS) is 17.2. The Morgan fingerprint density at radius 1 is 1.22 bits per heavy atom. The van der Waals surface area contributed by atoms with E-state index in [-0.39, 0.29) is 11.9 Å². The van der Waals surface area contributed by atoms with Crippen LogP contribution in [0.5, 0.6) is 5.75 Å². The van der Waals surface area contributed by atoms with Crippen molar-refractivity contribution in [2.75, 3.05) is 5.73 Å². The predicted molar refractivity (Wildman–Crippen MR) is 73.0 cm³/mol. The van der Waals surface area contributed by atoms with Gasteiger partial charge in [-0.15, -0.1) is 0 Å². The van der Waals surface area contributed by atoms with Crippen molar-refractivity contribution in [1.82, 2.24) is 0 Å². The summed E-state index contributed by atoms with van der Waals surface area (Å²) in [5.41, 5.74) is 6.85. The lowest BCUT2D eigenvalue weighted by atomic mass is 10.1. The molecule has 1 fully saturated rings. The third-order valence-corrected chi connectivity index (χ3v) is 3.51. The first kappa shape index (κ1) is 12.9. The molecule has 0 radical (unpaired) electrons. The number of rotatable bonds is 3. The maximum Gasteiger partial charge on any atom is 0.162 e. The molecule has 2 rings (SSSR count). The van der Waals surface area contributed by atoms with E-state index >= 15 is 0 Å². The fraction of sp³-hybridized carbons (Fsp3) is 0.533. The maximum atomic E-state index is 11.4. The number of ketones is 1. The van der Waals surface area contributed by atoms with Crippen LogP contribution in [-0.2, 0) is 0 Å². The van der Waals surface area contributed by atoms with Crippen molar-refractivity contribution in [2.24, 2.45) is 0 Å². The Balaban J connectivity index is 2.08. The van der Waals surface area contributed by atoms with Gasteiger partial charge in [-0.25, -0.2) is 0 Å². The van der Waals surface area contributed by atoms with Crippen LogP contribution in [-0.4, -0.2) is 11.9 Å². The van der Waals surface area contributed by atoms with Gasteiger partial charge in [0.05, 0.1) is 6.10 Å². The van der Waals surface area contributed by atoms with E-state index in [2.05, 4.69) is 0 Å². The van der Waals surface area contributed by atoms with Gasteiger partial charge in [-0.1, -0.05) is 12.8 Å². The summed E-state index contributed by atoms with van der Waals surface area (Å²) >= 11 is 0. The Hall–Kier alpha value is -1.51. The average molecular weight is 247 g/mol. The van der Waals surface area contributed by atoms with Crippen molar-refractivity contribution < 1.29 is 9.53 Å². The van der Waals surface area contributed by atoms with E-state index < -0.39 is 0 Å². The molecule has 1 aromatic carbocycles. The van der Waals surface area contributed by atoms with Crippen LogP contribution in [0.3, 0.4) is 0 Å². The summed E-state index contributed by atoms with van der Waals surface area (Å²) in [6.45, 7) is 1.53. The van der Waals surface area contributed by atoms with Gasteiger partial charge in [0.15, 0.2) is 5.78 Å². The Bertz CT molecular complexity index is 421. The van der Waals surface area contributed by atoms with Crippen molar-refractivity contribution in [2.45, 2.75) is 51.6 Å². The second-order valence-electron chi connectivity index (χ2n) is 5.04. The van der Waals surface area contributed by atoms with Crippen LogP contribution in [0, 0.1) is 0 Å². The highest BCUT2D eigenvalue weighted by atomic mass is 16.5. The molecule has 98 valence electrons. The first-order valence-electron chi connectivity index (χ1n) is 6.74. The number of hydrogen-bond acceptors (Lipinski definition) is 3. The van der Waals surface area contributed by atoms with E-state index in [1.54, 1.807) is 12.1 Å². The summed E-state index contributed by atoms with van der Waals surface area (Å²) in [4.78, 5) is 11.4. The third-order valence-electron chi connectivity index (χ3n) is 3.51. The van der Waals surface area contributed by atoms with Gasteiger partial charge in [0, 0.05) is 11.3 Å². The summed E-state index contributed by atoms with van der Waals surface area (Å²) in [5, 5.41) is 0. The molecule has 0 aromatic heterocycles. The monoisotopic (exact) mass is 247 g/mol. The van der Waals surface area contributed by atoms with E-state index in [0.717, 1.165) is 18.6 Å². The van der Waals surface area contributed by atoms with Crippen molar-refractivity contribution in [1.29, 1.82) is 0 Å². The number of benzene rings is 1. The van der Waals surface area contributed by atoms with Gasteiger partial charge < -0.3 is 10.5 Å². The molecule has 0 heterocycles. The second kappa shape index (κ2) is 5.89. The number of nitrogens with two attached hydrogens (primary N) is 1. The molecule has 0 aliphatic heterocycles. The van der Waals surface area contributed by atoms with Gasteiger partial charge >= 0.3 is 0 Å². The topological polar surface area (TPSA) is 52.3 Å². The Morgan fingerprint density at radius 2 is 1.89 bits per heavy atom.